The molecule has 0 aliphatic rings. The van der Waals surface area contributed by atoms with Crippen LogP contribution in [0.5, 0.6) is 0 Å². The van der Waals surface area contributed by atoms with Crippen molar-refractivity contribution in [2.75, 3.05) is 13.1 Å². The summed E-state index contributed by atoms with van der Waals surface area (Å²) in [5.41, 5.74) is 0. The first kappa shape index (κ1) is 18.7. The Morgan fingerprint density at radius 3 is 1.28 bits per heavy atom. The van der Waals surface area contributed by atoms with E-state index in [1.165, 1.54) is 90.1 Å². The Bertz CT molecular complexity index is 134. The standard InChI is InChI=1S/C16H34N.Ti/c1-3-5-7-9-11-13-15-17-16-14-12-10-8-6-4-2;/h3-16H2,1-2H3;/q-1;+1. The van der Waals surface area contributed by atoms with Gasteiger partial charge in [0, 0.05) is 0 Å². The van der Waals surface area contributed by atoms with Gasteiger partial charge in [0.15, 0.2) is 0 Å². The van der Waals surface area contributed by atoms with Crippen LogP contribution in [0.4, 0.5) is 0 Å². The predicted molar refractivity (Wildman–Crippen MR) is 78.3 cm³/mol. The number of rotatable bonds is 14. The molecule has 0 aliphatic heterocycles. The molecule has 0 amide bonds. The molecule has 107 valence electrons. The van der Waals surface area contributed by atoms with Gasteiger partial charge in [0.2, 0.25) is 0 Å². The van der Waals surface area contributed by atoms with E-state index in [1.807, 2.05) is 0 Å². The molecule has 0 saturated heterocycles. The molecule has 0 fully saturated rings. The van der Waals surface area contributed by atoms with E-state index >= 15 is 0 Å². The minimum atomic E-state index is 1.31. The van der Waals surface area contributed by atoms with E-state index in [0.717, 1.165) is 0 Å². The molecule has 0 bridgehead atoms. The molecule has 1 nitrogen and oxygen atoms in total. The number of hydrogen-bond donors (Lipinski definition) is 0. The Labute approximate surface area is 128 Å². The van der Waals surface area contributed by atoms with E-state index in [9.17, 15) is 0 Å². The molecule has 0 atom stereocenters. The average Bonchev–Trinajstić information content (AvgIpc) is 2.38. The third-order valence-corrected chi connectivity index (χ3v) is 4.26. The second-order valence-corrected chi connectivity index (χ2v) is 6.51. The Balaban J connectivity index is 3.10. The van der Waals surface area contributed by atoms with Crippen LogP contribution in [0.3, 0.4) is 0 Å². The fourth-order valence-electron chi connectivity index (χ4n) is 2.28. The van der Waals surface area contributed by atoms with Gasteiger partial charge >= 0.3 is 128 Å². The molecule has 0 N–H and O–H groups in total. The fraction of sp³-hybridized carbons (Fsp3) is 1.00. The molecule has 0 saturated carbocycles. The van der Waals surface area contributed by atoms with E-state index in [4.69, 9.17) is 0 Å². The summed E-state index contributed by atoms with van der Waals surface area (Å²) in [6.07, 6.45) is 17.0. The normalized spacial score (nSPS) is 11.2. The molecule has 2 heteroatoms. The van der Waals surface area contributed by atoms with Gasteiger partial charge in [-0.2, -0.15) is 0 Å². The van der Waals surface area contributed by atoms with Crippen molar-refractivity contribution in [3.8, 4) is 0 Å². The van der Waals surface area contributed by atoms with Gasteiger partial charge in [-0.3, -0.25) is 0 Å². The van der Waals surface area contributed by atoms with Gasteiger partial charge in [0.1, 0.15) is 0 Å². The second kappa shape index (κ2) is 15.7. The topological polar surface area (TPSA) is 3.24 Å². The first-order chi connectivity index (χ1) is 8.81. The van der Waals surface area contributed by atoms with Crippen molar-refractivity contribution >= 4 is 0 Å². The van der Waals surface area contributed by atoms with Gasteiger partial charge < -0.3 is 0 Å². The predicted octanol–water partition coefficient (Wildman–Crippen LogP) is 5.47. The maximum atomic E-state index is 2.53. The molecule has 0 aliphatic carbocycles. The number of unbranched alkanes of at least 4 members (excludes halogenated alkanes) is 10. The van der Waals surface area contributed by atoms with Crippen LogP contribution in [0.2, 0.25) is 0 Å². The number of nitrogens with zero attached hydrogens (tertiary/aromatic N) is 1. The summed E-state index contributed by atoms with van der Waals surface area (Å²) in [7, 11) is 0. The van der Waals surface area contributed by atoms with E-state index in [-0.39, 0.29) is 0 Å². The third-order valence-electron chi connectivity index (χ3n) is 3.56. The van der Waals surface area contributed by atoms with Crippen molar-refractivity contribution in [3.63, 3.8) is 0 Å². The zero-order chi connectivity index (χ0) is 13.5. The van der Waals surface area contributed by atoms with Crippen LogP contribution in [0.15, 0.2) is 0 Å². The van der Waals surface area contributed by atoms with Crippen molar-refractivity contribution in [3.05, 3.63) is 0 Å². The van der Waals surface area contributed by atoms with Gasteiger partial charge in [0.05, 0.1) is 0 Å². The summed E-state index contributed by atoms with van der Waals surface area (Å²) in [6.45, 7) is 7.19. The molecule has 0 unspecified atom stereocenters. The third kappa shape index (κ3) is 14.7. The summed E-state index contributed by atoms with van der Waals surface area (Å²) < 4.78 is 2.53. The van der Waals surface area contributed by atoms with Crippen LogP contribution in [0.1, 0.15) is 90.9 Å². The molecule has 0 aromatic rings. The summed E-state index contributed by atoms with van der Waals surface area (Å²) in [4.78, 5) is 0. The minimum absolute atomic E-state index is 1.31. The van der Waals surface area contributed by atoms with Crippen molar-refractivity contribution in [2.45, 2.75) is 90.9 Å². The summed E-state index contributed by atoms with van der Waals surface area (Å²) in [6, 6.07) is 0. The molecule has 0 spiro atoms. The van der Waals surface area contributed by atoms with E-state index in [1.54, 1.807) is 0 Å². The zero-order valence-corrected chi connectivity index (χ0v) is 14.4. The van der Waals surface area contributed by atoms with Crippen molar-refractivity contribution in [2.24, 2.45) is 0 Å². The summed E-state index contributed by atoms with van der Waals surface area (Å²) in [5, 5.41) is 0. The molecule has 0 aromatic heterocycles. The van der Waals surface area contributed by atoms with Crippen LogP contribution >= 0.6 is 0 Å². The van der Waals surface area contributed by atoms with Gasteiger partial charge in [-0.05, 0) is 0 Å². The van der Waals surface area contributed by atoms with Crippen LogP contribution in [0.25, 0.3) is 0 Å². The summed E-state index contributed by atoms with van der Waals surface area (Å²) >= 11 is 2.29. The second-order valence-electron chi connectivity index (χ2n) is 5.52. The fourth-order valence-corrected chi connectivity index (χ4v) is 2.77. The Kier molecular flexibility index (Phi) is 16.3. The summed E-state index contributed by atoms with van der Waals surface area (Å²) in [5.74, 6) is 0. The molecule has 0 heterocycles. The first-order valence-electron chi connectivity index (χ1n) is 8.27. The molecular weight excluding hydrogens is 254 g/mol. The van der Waals surface area contributed by atoms with E-state index < -0.39 is 0 Å². The zero-order valence-electron chi connectivity index (χ0n) is 12.8. The van der Waals surface area contributed by atoms with E-state index in [0.29, 0.717) is 0 Å². The van der Waals surface area contributed by atoms with Crippen molar-refractivity contribution in [1.29, 1.82) is 0 Å². The van der Waals surface area contributed by atoms with Crippen molar-refractivity contribution in [1.82, 2.24) is 3.38 Å². The molecule has 0 rings (SSSR count). The molecular formula is C16H34NTi. The van der Waals surface area contributed by atoms with Gasteiger partial charge in [-0.25, -0.2) is 0 Å². The van der Waals surface area contributed by atoms with Crippen LogP contribution in [0, 0.1) is 0 Å². The van der Waals surface area contributed by atoms with Crippen LogP contribution < -0.4 is 0 Å². The van der Waals surface area contributed by atoms with E-state index in [2.05, 4.69) is 37.9 Å². The van der Waals surface area contributed by atoms with Gasteiger partial charge in [-0.1, -0.05) is 0 Å². The van der Waals surface area contributed by atoms with Crippen LogP contribution in [-0.2, 0) is 20.7 Å². The molecule has 18 heavy (non-hydrogen) atoms. The Morgan fingerprint density at radius 2 is 0.889 bits per heavy atom. The number of hydrogen-bond acceptors (Lipinski definition) is 1. The monoisotopic (exact) mass is 288 g/mol. The van der Waals surface area contributed by atoms with Gasteiger partial charge in [-0.15, -0.1) is 0 Å². The van der Waals surface area contributed by atoms with Gasteiger partial charge in [0.25, 0.3) is 0 Å². The van der Waals surface area contributed by atoms with Crippen molar-refractivity contribution < 1.29 is 20.7 Å². The quantitative estimate of drug-likeness (QED) is 0.302. The molecule has 0 radical (unpaired) electrons. The SMILES string of the molecule is CCCCCCCC[N]([Ti])CCCCCCCC. The maximum absolute atomic E-state index is 2.53. The average molecular weight is 288 g/mol. The Hall–Kier alpha value is 0.674. The molecule has 0 aromatic carbocycles. The first-order valence-corrected chi connectivity index (χ1v) is 8.97. The van der Waals surface area contributed by atoms with Crippen LogP contribution in [-0.4, -0.2) is 16.5 Å². The Morgan fingerprint density at radius 1 is 0.556 bits per heavy atom.